The average Bonchev–Trinajstić information content (AvgIpc) is 2.27. The molecular formula is C12H19NO2. The van der Waals surface area contributed by atoms with Crippen LogP contribution in [0, 0.1) is 11.3 Å². The highest BCUT2D eigenvalue weighted by Gasteiger charge is 2.06. The Labute approximate surface area is 91.7 Å². The number of carbonyl (C=O) groups is 1. The third kappa shape index (κ3) is 6.73. The minimum atomic E-state index is -0.536. The van der Waals surface area contributed by atoms with Crippen molar-refractivity contribution in [3.05, 3.63) is 11.6 Å². The Balaban J connectivity index is 3.74. The van der Waals surface area contributed by atoms with E-state index < -0.39 is 5.97 Å². The summed E-state index contributed by atoms with van der Waals surface area (Å²) < 4.78 is 4.47. The predicted molar refractivity (Wildman–Crippen MR) is 59.1 cm³/mol. The Hall–Kier alpha value is -1.30. The summed E-state index contributed by atoms with van der Waals surface area (Å²) in [7, 11) is 1.29. The third-order valence-electron chi connectivity index (χ3n) is 2.18. The zero-order valence-electron chi connectivity index (χ0n) is 9.58. The number of esters is 1. The standard InChI is InChI=1S/C12H19NO2/c1-3-4-5-6-7-8-9-11(10-13)12(14)15-2/h9H,3-8H2,1-2H3/b11-9+. The van der Waals surface area contributed by atoms with E-state index >= 15 is 0 Å². The highest BCUT2D eigenvalue weighted by molar-refractivity contribution is 5.92. The van der Waals surface area contributed by atoms with Gasteiger partial charge in [-0.25, -0.2) is 4.79 Å². The van der Waals surface area contributed by atoms with Crippen LogP contribution in [0.3, 0.4) is 0 Å². The van der Waals surface area contributed by atoms with E-state index in [-0.39, 0.29) is 5.57 Å². The molecule has 0 saturated carbocycles. The van der Waals surface area contributed by atoms with E-state index in [2.05, 4.69) is 11.7 Å². The molecule has 0 saturated heterocycles. The van der Waals surface area contributed by atoms with Gasteiger partial charge in [0.1, 0.15) is 11.6 Å². The Morgan fingerprint density at radius 1 is 1.33 bits per heavy atom. The zero-order valence-corrected chi connectivity index (χ0v) is 9.58. The largest absolute Gasteiger partial charge is 0.465 e. The van der Waals surface area contributed by atoms with Crippen molar-refractivity contribution in [1.82, 2.24) is 0 Å². The summed E-state index contributed by atoms with van der Waals surface area (Å²) in [4.78, 5) is 11.0. The van der Waals surface area contributed by atoms with Gasteiger partial charge in [-0.05, 0) is 12.8 Å². The van der Waals surface area contributed by atoms with Gasteiger partial charge in [-0.15, -0.1) is 0 Å². The summed E-state index contributed by atoms with van der Waals surface area (Å²) in [6.07, 6.45) is 8.34. The summed E-state index contributed by atoms with van der Waals surface area (Å²) in [5.41, 5.74) is 0.119. The molecule has 0 aromatic rings. The maximum absolute atomic E-state index is 11.0. The van der Waals surface area contributed by atoms with Crippen LogP contribution in [0.1, 0.15) is 45.4 Å². The highest BCUT2D eigenvalue weighted by Crippen LogP contribution is 2.07. The summed E-state index contributed by atoms with van der Waals surface area (Å²) in [6.45, 7) is 2.17. The van der Waals surface area contributed by atoms with Gasteiger partial charge in [-0.3, -0.25) is 0 Å². The quantitative estimate of drug-likeness (QED) is 0.280. The van der Waals surface area contributed by atoms with Crippen molar-refractivity contribution >= 4 is 5.97 Å². The number of nitrogens with zero attached hydrogens (tertiary/aromatic N) is 1. The van der Waals surface area contributed by atoms with Gasteiger partial charge >= 0.3 is 5.97 Å². The number of carbonyl (C=O) groups excluding carboxylic acids is 1. The SMILES string of the molecule is CCCCCCC/C=C(\C#N)C(=O)OC. The molecule has 0 bridgehead atoms. The van der Waals surface area contributed by atoms with Gasteiger partial charge in [-0.2, -0.15) is 5.26 Å². The molecule has 0 unspecified atom stereocenters. The molecule has 3 heteroatoms. The predicted octanol–water partition coefficient (Wildman–Crippen LogP) is 2.97. The fraction of sp³-hybridized carbons (Fsp3) is 0.667. The van der Waals surface area contributed by atoms with Gasteiger partial charge in [0.25, 0.3) is 0 Å². The molecule has 15 heavy (non-hydrogen) atoms. The van der Waals surface area contributed by atoms with Crippen LogP contribution in [-0.2, 0) is 9.53 Å². The number of nitriles is 1. The molecule has 0 N–H and O–H groups in total. The van der Waals surface area contributed by atoms with E-state index in [0.29, 0.717) is 0 Å². The fourth-order valence-electron chi connectivity index (χ4n) is 1.28. The molecule has 0 atom stereocenters. The van der Waals surface area contributed by atoms with E-state index in [1.54, 1.807) is 6.08 Å². The van der Waals surface area contributed by atoms with Crippen molar-refractivity contribution in [2.75, 3.05) is 7.11 Å². The van der Waals surface area contributed by atoms with Crippen LogP contribution < -0.4 is 0 Å². The van der Waals surface area contributed by atoms with Gasteiger partial charge in [0, 0.05) is 0 Å². The lowest BCUT2D eigenvalue weighted by Crippen LogP contribution is -2.02. The van der Waals surface area contributed by atoms with Crippen molar-refractivity contribution < 1.29 is 9.53 Å². The van der Waals surface area contributed by atoms with E-state index in [1.807, 2.05) is 6.07 Å². The lowest BCUT2D eigenvalue weighted by atomic mass is 10.1. The van der Waals surface area contributed by atoms with Crippen molar-refractivity contribution in [2.24, 2.45) is 0 Å². The molecule has 0 aromatic carbocycles. The number of ether oxygens (including phenoxy) is 1. The van der Waals surface area contributed by atoms with Crippen molar-refractivity contribution in [1.29, 1.82) is 5.26 Å². The molecule has 0 rings (SSSR count). The van der Waals surface area contributed by atoms with E-state index in [9.17, 15) is 4.79 Å². The number of rotatable bonds is 7. The van der Waals surface area contributed by atoms with E-state index in [1.165, 1.54) is 26.4 Å². The van der Waals surface area contributed by atoms with Gasteiger partial charge in [0.15, 0.2) is 0 Å². The number of unbranched alkanes of at least 4 members (excludes halogenated alkanes) is 5. The maximum Gasteiger partial charge on any atom is 0.348 e. The fourth-order valence-corrected chi connectivity index (χ4v) is 1.28. The highest BCUT2D eigenvalue weighted by atomic mass is 16.5. The van der Waals surface area contributed by atoms with Gasteiger partial charge in [0.05, 0.1) is 7.11 Å². The molecule has 0 fully saturated rings. The zero-order chi connectivity index (χ0) is 11.5. The molecule has 0 aliphatic heterocycles. The minimum absolute atomic E-state index is 0.119. The van der Waals surface area contributed by atoms with Crippen molar-refractivity contribution in [3.63, 3.8) is 0 Å². The summed E-state index contributed by atoms with van der Waals surface area (Å²) in [5.74, 6) is -0.536. The van der Waals surface area contributed by atoms with Crippen LogP contribution in [-0.4, -0.2) is 13.1 Å². The van der Waals surface area contributed by atoms with Crippen LogP contribution in [0.2, 0.25) is 0 Å². The number of methoxy groups -OCH3 is 1. The van der Waals surface area contributed by atoms with Gasteiger partial charge < -0.3 is 4.74 Å². The molecule has 0 amide bonds. The van der Waals surface area contributed by atoms with Gasteiger partial charge in [-0.1, -0.05) is 38.7 Å². The van der Waals surface area contributed by atoms with E-state index in [0.717, 1.165) is 19.3 Å². The Morgan fingerprint density at radius 2 is 2.00 bits per heavy atom. The topological polar surface area (TPSA) is 50.1 Å². The second-order valence-corrected chi connectivity index (χ2v) is 3.42. The van der Waals surface area contributed by atoms with Gasteiger partial charge in [0.2, 0.25) is 0 Å². The van der Waals surface area contributed by atoms with Crippen LogP contribution in [0.15, 0.2) is 11.6 Å². The van der Waals surface area contributed by atoms with Crippen molar-refractivity contribution in [3.8, 4) is 6.07 Å². The molecule has 0 aliphatic rings. The third-order valence-corrected chi connectivity index (χ3v) is 2.18. The Bertz CT molecular complexity index is 251. The molecule has 0 heterocycles. The normalized spacial score (nSPS) is 10.9. The average molecular weight is 209 g/mol. The molecule has 0 aromatic heterocycles. The molecule has 84 valence electrons. The minimum Gasteiger partial charge on any atom is -0.465 e. The number of hydrogen-bond acceptors (Lipinski definition) is 3. The number of allylic oxidation sites excluding steroid dienone is 1. The van der Waals surface area contributed by atoms with Crippen molar-refractivity contribution in [2.45, 2.75) is 45.4 Å². The first-order chi connectivity index (χ1) is 7.26. The maximum atomic E-state index is 11.0. The lowest BCUT2D eigenvalue weighted by molar-refractivity contribution is -0.135. The first kappa shape index (κ1) is 13.7. The summed E-state index contributed by atoms with van der Waals surface area (Å²) in [5, 5.41) is 8.65. The van der Waals surface area contributed by atoms with Crippen LogP contribution in [0.4, 0.5) is 0 Å². The summed E-state index contributed by atoms with van der Waals surface area (Å²) in [6, 6.07) is 1.84. The first-order valence-electron chi connectivity index (χ1n) is 5.44. The second kappa shape index (κ2) is 9.26. The van der Waals surface area contributed by atoms with E-state index in [4.69, 9.17) is 5.26 Å². The Kier molecular flexibility index (Phi) is 8.46. The lowest BCUT2D eigenvalue weighted by Gasteiger charge is -1.98. The Morgan fingerprint density at radius 3 is 2.53 bits per heavy atom. The molecule has 0 spiro atoms. The molecular weight excluding hydrogens is 190 g/mol. The smallest absolute Gasteiger partial charge is 0.348 e. The second-order valence-electron chi connectivity index (χ2n) is 3.42. The molecule has 0 radical (unpaired) electrons. The molecule has 0 aliphatic carbocycles. The first-order valence-corrected chi connectivity index (χ1v) is 5.44. The van der Waals surface area contributed by atoms with Crippen LogP contribution >= 0.6 is 0 Å². The van der Waals surface area contributed by atoms with Crippen LogP contribution in [0.5, 0.6) is 0 Å². The monoisotopic (exact) mass is 209 g/mol. The number of hydrogen-bond donors (Lipinski definition) is 0. The molecule has 3 nitrogen and oxygen atoms in total. The summed E-state index contributed by atoms with van der Waals surface area (Å²) >= 11 is 0. The van der Waals surface area contributed by atoms with Crippen LogP contribution in [0.25, 0.3) is 0 Å².